The van der Waals surface area contributed by atoms with E-state index in [0.717, 1.165) is 44.1 Å². The van der Waals surface area contributed by atoms with Crippen LogP contribution in [0, 0.1) is 56.7 Å². The van der Waals surface area contributed by atoms with Gasteiger partial charge in [0.15, 0.2) is 0 Å². The van der Waals surface area contributed by atoms with Crippen molar-refractivity contribution in [2.75, 3.05) is 6.61 Å². The predicted octanol–water partition coefficient (Wildman–Crippen LogP) is 7.00. The minimum atomic E-state index is -1.02. The van der Waals surface area contributed by atoms with E-state index in [2.05, 4.69) is 40.7 Å². The predicted molar refractivity (Wildman–Crippen MR) is 176 cm³/mol. The van der Waals surface area contributed by atoms with Crippen LogP contribution < -0.4 is 0 Å². The zero-order valence-electron chi connectivity index (χ0n) is 28.5. The Balaban J connectivity index is 1.30. The summed E-state index contributed by atoms with van der Waals surface area (Å²) in [6.07, 6.45) is 9.80. The first-order valence-electron chi connectivity index (χ1n) is 17.5. The number of aliphatic carboxylic acids is 1. The van der Waals surface area contributed by atoms with Crippen LogP contribution in [0.2, 0.25) is 0 Å². The lowest BCUT2D eigenvalue weighted by atomic mass is 9.33. The zero-order valence-corrected chi connectivity index (χ0v) is 28.5. The highest BCUT2D eigenvalue weighted by atomic mass is 16.5. The van der Waals surface area contributed by atoms with E-state index >= 15 is 0 Å². The Morgan fingerprint density at radius 3 is 2.33 bits per heavy atom. The smallest absolute Gasteiger partial charge is 0.330 e. The fourth-order valence-electron chi connectivity index (χ4n) is 12.0. The molecule has 0 heterocycles. The van der Waals surface area contributed by atoms with Crippen molar-refractivity contribution in [2.45, 2.75) is 105 Å². The summed E-state index contributed by atoms with van der Waals surface area (Å²) in [5, 5.41) is 43.1. The van der Waals surface area contributed by atoms with Gasteiger partial charge in [0.1, 0.15) is 5.75 Å². The molecule has 0 bridgehead atoms. The summed E-state index contributed by atoms with van der Waals surface area (Å²) in [6, 6.07) is 6.53. The minimum absolute atomic E-state index is 0.00460. The number of carboxylic acid groups (broad SMARTS) is 1. The number of carbonyl (C=O) groups is 2. The third-order valence-corrected chi connectivity index (χ3v) is 15.0. The molecule has 4 saturated carbocycles. The Hall–Kier alpha value is -2.64. The molecule has 1 aromatic rings. The van der Waals surface area contributed by atoms with E-state index in [1.54, 1.807) is 30.3 Å². The van der Waals surface area contributed by atoms with E-state index < -0.39 is 35.0 Å². The van der Waals surface area contributed by atoms with Gasteiger partial charge in [-0.2, -0.15) is 0 Å². The quantitative estimate of drug-likeness (QED) is 0.156. The van der Waals surface area contributed by atoms with Gasteiger partial charge in [-0.05, 0) is 121 Å². The molecule has 0 amide bonds. The van der Waals surface area contributed by atoms with Crippen LogP contribution in [-0.4, -0.2) is 51.2 Å². The second-order valence-electron chi connectivity index (χ2n) is 16.9. The summed E-state index contributed by atoms with van der Waals surface area (Å²) >= 11 is 0. The van der Waals surface area contributed by atoms with Crippen molar-refractivity contribution in [2.24, 2.45) is 56.7 Å². The highest BCUT2D eigenvalue weighted by Crippen LogP contribution is 2.75. The van der Waals surface area contributed by atoms with Crippen molar-refractivity contribution in [1.29, 1.82) is 0 Å². The molecule has 7 nitrogen and oxygen atoms in total. The van der Waals surface area contributed by atoms with Crippen LogP contribution in [0.4, 0.5) is 0 Å². The van der Waals surface area contributed by atoms with Crippen LogP contribution in [0.3, 0.4) is 0 Å². The number of hydrogen-bond donors (Lipinski definition) is 4. The first kappa shape index (κ1) is 33.3. The molecule has 6 rings (SSSR count). The van der Waals surface area contributed by atoms with E-state index in [4.69, 9.17) is 4.74 Å². The highest BCUT2D eigenvalue weighted by molar-refractivity contribution is 5.87. The molecule has 4 N–H and O–H groups in total. The summed E-state index contributed by atoms with van der Waals surface area (Å²) in [7, 11) is 0. The van der Waals surface area contributed by atoms with Crippen molar-refractivity contribution in [1.82, 2.24) is 0 Å². The molecule has 0 unspecified atom stereocenters. The number of hydrogen-bond acceptors (Lipinski definition) is 6. The van der Waals surface area contributed by atoms with Gasteiger partial charge in [0.2, 0.25) is 0 Å². The number of carbonyl (C=O) groups excluding carboxylic acids is 1. The lowest BCUT2D eigenvalue weighted by molar-refractivity contribution is -0.245. The van der Waals surface area contributed by atoms with Gasteiger partial charge >= 0.3 is 11.9 Å². The van der Waals surface area contributed by atoms with E-state index in [-0.39, 0.29) is 46.4 Å². The van der Waals surface area contributed by atoms with E-state index in [0.29, 0.717) is 24.7 Å². The van der Waals surface area contributed by atoms with Crippen LogP contribution >= 0.6 is 0 Å². The van der Waals surface area contributed by atoms with Gasteiger partial charge in [0.05, 0.1) is 24.2 Å². The van der Waals surface area contributed by atoms with Crippen molar-refractivity contribution in [3.63, 3.8) is 0 Å². The standard InChI is InChI=1S/C39H54O7/c1-23-15-18-39(34(44)45)20-19-37(5)27(32(39)24(23)2)12-13-30-35(3)21-28(41)33(43)36(4,29(35)16-17-38(30,37)6)22-46-31(42)14-9-25-7-10-26(40)11-8-25/h7-12,14,23-24,28-30,32-33,40-41,43H,13,15-22H2,1-6H3,(H,44,45)/b14-9+/t23-,24-,28+,29+,30+,32-,33-,35-,36-,37+,38+,39-/m0/s1. The molecule has 0 aromatic heterocycles. The molecule has 252 valence electrons. The van der Waals surface area contributed by atoms with Gasteiger partial charge < -0.3 is 25.2 Å². The van der Waals surface area contributed by atoms with Crippen LogP contribution in [0.5, 0.6) is 5.75 Å². The number of phenolic OH excluding ortho intramolecular Hbond substituents is 1. The van der Waals surface area contributed by atoms with Crippen molar-refractivity contribution in [3.05, 3.63) is 47.6 Å². The maximum Gasteiger partial charge on any atom is 0.330 e. The molecule has 5 aliphatic carbocycles. The first-order valence-corrected chi connectivity index (χ1v) is 17.5. The molecular weight excluding hydrogens is 580 g/mol. The minimum Gasteiger partial charge on any atom is -0.508 e. The Kier molecular flexibility index (Phi) is 8.12. The summed E-state index contributed by atoms with van der Waals surface area (Å²) < 4.78 is 5.81. The highest BCUT2D eigenvalue weighted by Gasteiger charge is 2.71. The fourth-order valence-corrected chi connectivity index (χ4v) is 12.0. The normalized spacial score (nSPS) is 46.7. The van der Waals surface area contributed by atoms with Gasteiger partial charge in [-0.3, -0.25) is 4.79 Å². The van der Waals surface area contributed by atoms with Crippen molar-refractivity contribution < 1.29 is 34.8 Å². The molecule has 12 atom stereocenters. The van der Waals surface area contributed by atoms with Gasteiger partial charge in [0, 0.05) is 11.5 Å². The molecule has 0 spiro atoms. The average Bonchev–Trinajstić information content (AvgIpc) is 3.00. The number of benzene rings is 1. The molecule has 46 heavy (non-hydrogen) atoms. The second-order valence-corrected chi connectivity index (χ2v) is 16.9. The Labute approximate surface area is 274 Å². The molecular formula is C39H54O7. The number of aromatic hydroxyl groups is 1. The molecule has 4 fully saturated rings. The zero-order chi connectivity index (χ0) is 33.4. The number of aliphatic hydroxyl groups excluding tert-OH is 2. The van der Waals surface area contributed by atoms with Crippen LogP contribution in [-0.2, 0) is 14.3 Å². The second kappa shape index (κ2) is 11.2. The third-order valence-electron chi connectivity index (χ3n) is 15.0. The molecule has 7 heteroatoms. The van der Waals surface area contributed by atoms with Gasteiger partial charge in [0.25, 0.3) is 0 Å². The number of phenols is 1. The van der Waals surface area contributed by atoms with Crippen LogP contribution in [0.15, 0.2) is 42.0 Å². The number of ether oxygens (including phenoxy) is 1. The van der Waals surface area contributed by atoms with E-state index in [9.17, 15) is 30.0 Å². The van der Waals surface area contributed by atoms with Gasteiger partial charge in [-0.25, -0.2) is 4.79 Å². The summed E-state index contributed by atoms with van der Waals surface area (Å²) in [4.78, 5) is 25.9. The average molecular weight is 635 g/mol. The maximum atomic E-state index is 13.0. The Bertz CT molecular complexity index is 1430. The van der Waals surface area contributed by atoms with E-state index in [1.807, 2.05) is 6.92 Å². The molecule has 0 saturated heterocycles. The largest absolute Gasteiger partial charge is 0.508 e. The molecule has 1 aromatic carbocycles. The molecule has 0 aliphatic heterocycles. The summed E-state index contributed by atoms with van der Waals surface area (Å²) in [5.41, 5.74) is 0.0419. The number of aliphatic hydroxyl groups is 2. The summed E-state index contributed by atoms with van der Waals surface area (Å²) in [5.74, 6) is 0.0827. The maximum absolute atomic E-state index is 13.0. The lowest BCUT2D eigenvalue weighted by Crippen LogP contribution is -2.68. The van der Waals surface area contributed by atoms with Crippen LogP contribution in [0.25, 0.3) is 6.08 Å². The third kappa shape index (κ3) is 4.65. The van der Waals surface area contributed by atoms with Gasteiger partial charge in [-0.1, -0.05) is 65.3 Å². The monoisotopic (exact) mass is 634 g/mol. The number of esters is 1. The Morgan fingerprint density at radius 2 is 1.65 bits per heavy atom. The van der Waals surface area contributed by atoms with Crippen molar-refractivity contribution >= 4 is 18.0 Å². The molecule has 0 radical (unpaired) electrons. The first-order chi connectivity index (χ1) is 21.5. The van der Waals surface area contributed by atoms with E-state index in [1.165, 1.54) is 11.6 Å². The topological polar surface area (TPSA) is 124 Å². The number of allylic oxidation sites excluding steroid dienone is 2. The van der Waals surface area contributed by atoms with Crippen LogP contribution in [0.1, 0.15) is 98.5 Å². The SMILES string of the molecule is C[C@@H]1[C@H]2C3=CC[C@@H]4[C@@]5(C)C[C@@H](O)[C@H](O)[C@@](C)(COC(=O)/C=C/c6ccc(O)cc6)[C@@H]5CC[C@@]4(C)[C@]3(C)CC[C@@]2(C(=O)O)CC[C@@H]1C. The number of carboxylic acids is 1. The number of rotatable bonds is 5. The molecule has 5 aliphatic rings. The van der Waals surface area contributed by atoms with Gasteiger partial charge in [-0.15, -0.1) is 0 Å². The number of fused-ring (bicyclic) bond motifs is 7. The lowest BCUT2D eigenvalue weighted by Gasteiger charge is -2.71. The van der Waals surface area contributed by atoms with Crippen molar-refractivity contribution in [3.8, 4) is 5.75 Å². The summed E-state index contributed by atoms with van der Waals surface area (Å²) in [6.45, 7) is 13.7. The Morgan fingerprint density at radius 1 is 0.957 bits per heavy atom. The fraction of sp³-hybridized carbons (Fsp3) is 0.692.